The first-order chi connectivity index (χ1) is 10.2. The van der Waals surface area contributed by atoms with Crippen molar-refractivity contribution in [2.45, 2.75) is 12.3 Å². The molecule has 124 valence electrons. The number of likely N-dealkylation sites (N-methyl/N-ethyl adjacent to an activating group) is 2. The Labute approximate surface area is 126 Å². The van der Waals surface area contributed by atoms with Crippen molar-refractivity contribution in [3.8, 4) is 5.75 Å². The molecule has 1 amide bonds. The molecule has 0 aliphatic carbocycles. The molecule has 0 saturated carbocycles. The highest BCUT2D eigenvalue weighted by molar-refractivity contribution is 5.77. The zero-order valence-corrected chi connectivity index (χ0v) is 12.4. The molecule has 2 N–H and O–H groups in total. The number of nitrogens with zero attached hydrogens (tertiary/aromatic N) is 1. The van der Waals surface area contributed by atoms with Gasteiger partial charge in [0.15, 0.2) is 0 Å². The molecule has 0 heterocycles. The Balaban J connectivity index is 2.41. The smallest absolute Gasteiger partial charge is 0.416 e. The van der Waals surface area contributed by atoms with Gasteiger partial charge in [-0.05, 0) is 31.3 Å². The summed E-state index contributed by atoms with van der Waals surface area (Å²) in [5.41, 5.74) is -0.759. The molecular formula is C14H19F3N2O3. The van der Waals surface area contributed by atoms with Crippen molar-refractivity contribution >= 4 is 5.91 Å². The average Bonchev–Trinajstić information content (AvgIpc) is 2.44. The van der Waals surface area contributed by atoms with Gasteiger partial charge in [-0.25, -0.2) is 0 Å². The molecule has 1 unspecified atom stereocenters. The molecule has 0 aliphatic heterocycles. The number of aliphatic hydroxyl groups excluding tert-OH is 1. The molecule has 0 fully saturated rings. The van der Waals surface area contributed by atoms with E-state index >= 15 is 0 Å². The van der Waals surface area contributed by atoms with Crippen LogP contribution in [0.2, 0.25) is 0 Å². The van der Waals surface area contributed by atoms with Gasteiger partial charge in [0, 0.05) is 13.6 Å². The number of aliphatic hydroxyl groups is 1. The molecule has 5 nitrogen and oxygen atoms in total. The lowest BCUT2D eigenvalue weighted by Crippen LogP contribution is -2.39. The Morgan fingerprint density at radius 1 is 1.36 bits per heavy atom. The quantitative estimate of drug-likeness (QED) is 0.790. The summed E-state index contributed by atoms with van der Waals surface area (Å²) in [7, 11) is 3.18. The Morgan fingerprint density at radius 3 is 2.45 bits per heavy atom. The second-order valence-electron chi connectivity index (χ2n) is 4.86. The van der Waals surface area contributed by atoms with E-state index in [1.54, 1.807) is 11.9 Å². The van der Waals surface area contributed by atoms with Crippen LogP contribution in [0, 0.1) is 0 Å². The Hall–Kier alpha value is -1.80. The number of benzene rings is 1. The minimum absolute atomic E-state index is 0.0799. The predicted molar refractivity (Wildman–Crippen MR) is 74.5 cm³/mol. The summed E-state index contributed by atoms with van der Waals surface area (Å²) in [6, 6.07) is 4.23. The van der Waals surface area contributed by atoms with Gasteiger partial charge in [0.05, 0.1) is 12.1 Å². The number of carbonyl (C=O) groups is 1. The highest BCUT2D eigenvalue weighted by Gasteiger charge is 2.30. The van der Waals surface area contributed by atoms with Gasteiger partial charge in [-0.15, -0.1) is 0 Å². The first-order valence-electron chi connectivity index (χ1n) is 6.59. The number of halogens is 3. The summed E-state index contributed by atoms with van der Waals surface area (Å²) in [4.78, 5) is 12.7. The van der Waals surface area contributed by atoms with Crippen LogP contribution in [0.25, 0.3) is 0 Å². The number of rotatable bonds is 7. The average molecular weight is 320 g/mol. The standard InChI is InChI=1S/C14H19F3N2O3/c1-18-13(21)8-19(2)7-11(20)9-22-12-5-3-10(4-6-12)14(15,16)17/h3-6,11,20H,7-9H2,1-2H3,(H,18,21). The van der Waals surface area contributed by atoms with Gasteiger partial charge in [-0.2, -0.15) is 13.2 Å². The van der Waals surface area contributed by atoms with Crippen molar-refractivity contribution in [2.75, 3.05) is 33.8 Å². The van der Waals surface area contributed by atoms with E-state index < -0.39 is 17.8 Å². The Kier molecular flexibility index (Phi) is 6.63. The van der Waals surface area contributed by atoms with Crippen LogP contribution in [0.3, 0.4) is 0 Å². The Morgan fingerprint density at radius 2 is 1.95 bits per heavy atom. The van der Waals surface area contributed by atoms with Crippen molar-refractivity contribution in [3.05, 3.63) is 29.8 Å². The maximum absolute atomic E-state index is 12.4. The highest BCUT2D eigenvalue weighted by atomic mass is 19.4. The van der Waals surface area contributed by atoms with Crippen LogP contribution in [-0.2, 0) is 11.0 Å². The van der Waals surface area contributed by atoms with Gasteiger partial charge < -0.3 is 15.2 Å². The molecule has 0 spiro atoms. The van der Waals surface area contributed by atoms with E-state index in [0.29, 0.717) is 0 Å². The Bertz CT molecular complexity index is 477. The maximum atomic E-state index is 12.4. The van der Waals surface area contributed by atoms with Crippen LogP contribution in [-0.4, -0.2) is 55.8 Å². The van der Waals surface area contributed by atoms with E-state index in [1.165, 1.54) is 19.2 Å². The topological polar surface area (TPSA) is 61.8 Å². The molecule has 0 bridgehead atoms. The molecular weight excluding hydrogens is 301 g/mol. The van der Waals surface area contributed by atoms with Crippen molar-refractivity contribution in [3.63, 3.8) is 0 Å². The molecule has 0 radical (unpaired) electrons. The lowest BCUT2D eigenvalue weighted by molar-refractivity contribution is -0.137. The largest absolute Gasteiger partial charge is 0.491 e. The van der Waals surface area contributed by atoms with Crippen molar-refractivity contribution in [2.24, 2.45) is 0 Å². The van der Waals surface area contributed by atoms with Crippen LogP contribution in [0.4, 0.5) is 13.2 Å². The number of hydrogen-bond donors (Lipinski definition) is 2. The number of carbonyl (C=O) groups excluding carboxylic acids is 1. The number of ether oxygens (including phenoxy) is 1. The van der Waals surface area contributed by atoms with Crippen molar-refractivity contribution in [1.29, 1.82) is 0 Å². The third-order valence-electron chi connectivity index (χ3n) is 2.84. The fourth-order valence-corrected chi connectivity index (χ4v) is 1.73. The molecule has 0 aromatic heterocycles. The zero-order chi connectivity index (χ0) is 16.8. The fourth-order valence-electron chi connectivity index (χ4n) is 1.73. The summed E-state index contributed by atoms with van der Waals surface area (Å²) in [5.74, 6) is 0.0550. The van der Waals surface area contributed by atoms with Crippen molar-refractivity contribution < 1.29 is 27.8 Å². The molecule has 22 heavy (non-hydrogen) atoms. The second-order valence-corrected chi connectivity index (χ2v) is 4.86. The number of alkyl halides is 3. The fraction of sp³-hybridized carbons (Fsp3) is 0.500. The van der Waals surface area contributed by atoms with Gasteiger partial charge in [-0.3, -0.25) is 9.69 Å². The van der Waals surface area contributed by atoms with E-state index in [2.05, 4.69) is 5.32 Å². The van der Waals surface area contributed by atoms with Crippen molar-refractivity contribution in [1.82, 2.24) is 10.2 Å². The van der Waals surface area contributed by atoms with E-state index in [4.69, 9.17) is 4.74 Å². The highest BCUT2D eigenvalue weighted by Crippen LogP contribution is 2.30. The molecule has 0 aliphatic rings. The van der Waals surface area contributed by atoms with E-state index in [0.717, 1.165) is 12.1 Å². The minimum Gasteiger partial charge on any atom is -0.491 e. The van der Waals surface area contributed by atoms with E-state index in [1.807, 2.05) is 0 Å². The molecule has 1 rings (SSSR count). The summed E-state index contributed by atoms with van der Waals surface area (Å²) in [5, 5.41) is 12.2. The van der Waals surface area contributed by atoms with E-state index in [-0.39, 0.29) is 31.4 Å². The van der Waals surface area contributed by atoms with Crippen LogP contribution in [0.1, 0.15) is 5.56 Å². The summed E-state index contributed by atoms with van der Waals surface area (Å²) in [6.45, 7) is 0.255. The summed E-state index contributed by atoms with van der Waals surface area (Å²) < 4.78 is 42.4. The van der Waals surface area contributed by atoms with E-state index in [9.17, 15) is 23.1 Å². The number of hydrogen-bond acceptors (Lipinski definition) is 4. The minimum atomic E-state index is -4.39. The SMILES string of the molecule is CNC(=O)CN(C)CC(O)COc1ccc(C(F)(F)F)cc1. The second kappa shape index (κ2) is 8.00. The third-order valence-corrected chi connectivity index (χ3v) is 2.84. The monoisotopic (exact) mass is 320 g/mol. The van der Waals surface area contributed by atoms with Gasteiger partial charge in [0.1, 0.15) is 18.5 Å². The van der Waals surface area contributed by atoms with Crippen LogP contribution in [0.5, 0.6) is 5.75 Å². The molecule has 1 aromatic rings. The number of amides is 1. The van der Waals surface area contributed by atoms with Gasteiger partial charge >= 0.3 is 6.18 Å². The van der Waals surface area contributed by atoms with Gasteiger partial charge in [0.25, 0.3) is 0 Å². The predicted octanol–water partition coefficient (Wildman–Crippen LogP) is 1.12. The zero-order valence-electron chi connectivity index (χ0n) is 12.4. The lowest BCUT2D eigenvalue weighted by Gasteiger charge is -2.20. The van der Waals surface area contributed by atoms with Crippen LogP contribution < -0.4 is 10.1 Å². The normalized spacial score (nSPS) is 13.0. The molecule has 1 atom stereocenters. The van der Waals surface area contributed by atoms with Crippen LogP contribution >= 0.6 is 0 Å². The third kappa shape index (κ3) is 6.31. The summed E-state index contributed by atoms with van der Waals surface area (Å²) >= 11 is 0. The lowest BCUT2D eigenvalue weighted by atomic mass is 10.2. The molecule has 8 heteroatoms. The van der Waals surface area contributed by atoms with Crippen LogP contribution in [0.15, 0.2) is 24.3 Å². The van der Waals surface area contributed by atoms with Gasteiger partial charge in [0.2, 0.25) is 5.91 Å². The first-order valence-corrected chi connectivity index (χ1v) is 6.59. The summed E-state index contributed by atoms with van der Waals surface area (Å²) in [6.07, 6.45) is -5.25. The first kappa shape index (κ1) is 18.2. The molecule has 1 aromatic carbocycles. The van der Waals surface area contributed by atoms with Gasteiger partial charge in [-0.1, -0.05) is 0 Å². The molecule has 0 saturated heterocycles. The maximum Gasteiger partial charge on any atom is 0.416 e. The number of nitrogens with one attached hydrogen (secondary N) is 1.